The van der Waals surface area contributed by atoms with Gasteiger partial charge in [0, 0.05) is 112 Å². The summed E-state index contributed by atoms with van der Waals surface area (Å²) in [5, 5.41) is 3.05. The molecule has 14 N–H and O–H groups in total. The van der Waals surface area contributed by atoms with Gasteiger partial charge in [-0.3, -0.25) is 0 Å². The van der Waals surface area contributed by atoms with Crippen molar-refractivity contribution in [3.05, 3.63) is 336 Å². The average molecular weight is 1550 g/mol. The van der Waals surface area contributed by atoms with Gasteiger partial charge in [-0.1, -0.05) is 285 Å². The Bertz CT molecular complexity index is 4440. The molecule has 3 aliphatic rings. The van der Waals surface area contributed by atoms with E-state index in [1.165, 1.54) is 137 Å². The van der Waals surface area contributed by atoms with Crippen LogP contribution in [0.15, 0.2) is 291 Å². The average Bonchev–Trinajstić information content (AvgIpc) is 1.58. The van der Waals surface area contributed by atoms with Gasteiger partial charge in [0.15, 0.2) is 0 Å². The molecular weight excluding hydrogens is 1410 g/mol. The number of hydrogen-bond acceptors (Lipinski definition) is 9. The van der Waals surface area contributed by atoms with E-state index in [0.717, 1.165) is 28.7 Å². The standard InChI is InChI=1S/C52H49N3.C8H12N2.C8H11N.C7H15N.3C7H8.C3H9N.2C2H6.H3N.3H2O/c1-51(2)47-30-39(53(5)6)21-25-43(47)45-27-23-41(32-49(45)51)55(38-19-17-35(18-20-38)37-16-12-15-36(29-37)34-13-10-9-11-14-34)42-24-28-46-44-26-22-40(54(7)8)31-48(44)52(3,4)50(46)33-42;1-10(2)8-5-3-7(9)4-6-8;1-7-3-5-8(9-2)6-4-7;1-6-4-2-3-5-7(6)8;3*1-7-5-3-2-4-6-7;1-4(2)3;2*1-2;;;;/h9-33H,1-8H3;3-6H,9H2,1-2H3;3-6,9H,1-2H3;6-7H,2-5,8H2,1H3;3*2-6H,1H3;1-3H3;2*1-2H3;1H3;3*1H2. The Morgan fingerprint density at radius 2 is 0.617 bits per heavy atom. The lowest BCUT2D eigenvalue weighted by Gasteiger charge is -2.30. The minimum absolute atomic E-state index is 0. The van der Waals surface area contributed by atoms with Crippen molar-refractivity contribution in [3.63, 3.8) is 0 Å². The van der Waals surface area contributed by atoms with Gasteiger partial charge < -0.3 is 63.9 Å². The number of rotatable bonds is 9. The Balaban J connectivity index is 0.000000597. The predicted octanol–water partition coefficient (Wildman–Crippen LogP) is 24.0. The molecule has 0 amide bonds. The fourth-order valence-electron chi connectivity index (χ4n) is 13.5. The SMILES string of the molecule is CC.CC.CC1CCCCC1N.CN(C)C.CN(C)c1ccc(N)cc1.CN(C)c1ccc2c(c1)C(C)(C)c1cc(N(c3ccc(-c4cccc(-c5ccccc5)c4)cc3)c3ccc4c(c3)C(C)(C)c3cc(N(C)C)ccc3-4)ccc1-2.CNc1ccc(C)cc1.Cc1ccccc1.Cc1ccccc1.Cc1ccccc1.N.O.O.O. The third-order valence-corrected chi connectivity index (χ3v) is 20.0. The second kappa shape index (κ2) is 49.7. The summed E-state index contributed by atoms with van der Waals surface area (Å²) in [5.74, 6) is 0.781. The fourth-order valence-corrected chi connectivity index (χ4v) is 13.5. The van der Waals surface area contributed by atoms with Crippen LogP contribution in [0.1, 0.15) is 133 Å². The zero-order valence-electron chi connectivity index (χ0n) is 73.8. The van der Waals surface area contributed by atoms with Crippen LogP contribution in [-0.4, -0.2) is 97.8 Å². The number of nitrogens with two attached hydrogens (primary N) is 2. The molecule has 0 spiro atoms. The van der Waals surface area contributed by atoms with E-state index in [1.54, 1.807) is 0 Å². The first-order valence-corrected chi connectivity index (χ1v) is 39.8. The number of benzene rings is 12. The molecule has 0 saturated heterocycles. The van der Waals surface area contributed by atoms with Gasteiger partial charge in [0.05, 0.1) is 0 Å². The van der Waals surface area contributed by atoms with E-state index < -0.39 is 0 Å². The summed E-state index contributed by atoms with van der Waals surface area (Å²) >= 11 is 0. The molecule has 12 nitrogen and oxygen atoms in total. The van der Waals surface area contributed by atoms with Gasteiger partial charge in [-0.2, -0.15) is 0 Å². The number of nitrogens with zero attached hydrogens (tertiary/aromatic N) is 5. The molecule has 616 valence electrons. The maximum absolute atomic E-state index is 5.78. The highest BCUT2D eigenvalue weighted by molar-refractivity contribution is 5.90. The minimum Gasteiger partial charge on any atom is -0.412 e. The fraction of sp³-hybridized carbons (Fsp3) is 0.301. The molecule has 2 unspecified atom stereocenters. The van der Waals surface area contributed by atoms with E-state index >= 15 is 0 Å². The number of nitrogen functional groups attached to an aromatic ring is 1. The van der Waals surface area contributed by atoms with E-state index in [-0.39, 0.29) is 33.4 Å². The number of aryl methyl sites for hydroxylation is 4. The van der Waals surface area contributed by atoms with Crippen molar-refractivity contribution < 1.29 is 16.4 Å². The third kappa shape index (κ3) is 29.2. The predicted molar refractivity (Wildman–Crippen MR) is 509 cm³/mol. The van der Waals surface area contributed by atoms with Gasteiger partial charge in [0.2, 0.25) is 0 Å². The summed E-state index contributed by atoms with van der Waals surface area (Å²) in [7, 11) is 20.4. The summed E-state index contributed by atoms with van der Waals surface area (Å²) < 4.78 is 0. The molecule has 1 saturated carbocycles. The van der Waals surface area contributed by atoms with E-state index in [0.29, 0.717) is 6.04 Å². The lowest BCUT2D eigenvalue weighted by atomic mass is 9.81. The number of fused-ring (bicyclic) bond motifs is 6. The molecule has 12 aromatic carbocycles. The molecule has 15 rings (SSSR count). The van der Waals surface area contributed by atoms with Crippen LogP contribution in [0.5, 0.6) is 0 Å². The maximum atomic E-state index is 5.78. The third-order valence-electron chi connectivity index (χ3n) is 20.0. The number of hydrogen-bond donors (Lipinski definition) is 4. The summed E-state index contributed by atoms with van der Waals surface area (Å²) in [6.45, 7) is 28.1. The Morgan fingerprint density at radius 3 is 0.922 bits per heavy atom. The molecule has 2 atom stereocenters. The molecule has 115 heavy (non-hydrogen) atoms. The van der Waals surface area contributed by atoms with E-state index in [9.17, 15) is 0 Å². The topological polar surface area (TPSA) is 210 Å². The monoisotopic (exact) mass is 1550 g/mol. The van der Waals surface area contributed by atoms with Gasteiger partial charge >= 0.3 is 0 Å². The largest absolute Gasteiger partial charge is 0.412 e. The smallest absolute Gasteiger partial charge is 0.0465 e. The van der Waals surface area contributed by atoms with E-state index in [2.05, 4.69) is 323 Å². The van der Waals surface area contributed by atoms with Crippen LogP contribution in [0, 0.1) is 33.6 Å². The molecule has 0 bridgehead atoms. The van der Waals surface area contributed by atoms with Crippen molar-refractivity contribution >= 4 is 45.5 Å². The molecule has 3 aliphatic carbocycles. The first kappa shape index (κ1) is 100. The van der Waals surface area contributed by atoms with Crippen molar-refractivity contribution in [1.29, 1.82) is 0 Å². The first-order chi connectivity index (χ1) is 53.2. The molecule has 0 aliphatic heterocycles. The van der Waals surface area contributed by atoms with Gasteiger partial charge in [0.25, 0.3) is 0 Å². The second-order valence-corrected chi connectivity index (χ2v) is 30.6. The van der Waals surface area contributed by atoms with Crippen LogP contribution in [0.2, 0.25) is 0 Å². The molecule has 0 heterocycles. The number of anilines is 8. The molecule has 0 radical (unpaired) electrons. The molecule has 12 aromatic rings. The van der Waals surface area contributed by atoms with Gasteiger partial charge in [-0.05, 0) is 237 Å². The van der Waals surface area contributed by atoms with Crippen LogP contribution in [0.3, 0.4) is 0 Å². The van der Waals surface area contributed by atoms with Crippen molar-refractivity contribution in [2.24, 2.45) is 11.7 Å². The molecule has 12 heteroatoms. The number of nitrogens with one attached hydrogen (secondary N) is 1. The van der Waals surface area contributed by atoms with Crippen molar-refractivity contribution in [2.75, 3.05) is 101 Å². The highest BCUT2D eigenvalue weighted by Gasteiger charge is 2.38. The Kier molecular flexibility index (Phi) is 43.4. The highest BCUT2D eigenvalue weighted by Crippen LogP contribution is 2.54. The van der Waals surface area contributed by atoms with Gasteiger partial charge in [-0.25, -0.2) is 0 Å². The lowest BCUT2D eigenvalue weighted by Crippen LogP contribution is -2.30. The van der Waals surface area contributed by atoms with Crippen molar-refractivity contribution in [2.45, 2.75) is 133 Å². The van der Waals surface area contributed by atoms with E-state index in [1.807, 2.05) is 159 Å². The maximum Gasteiger partial charge on any atom is 0.0465 e. The lowest BCUT2D eigenvalue weighted by molar-refractivity contribution is 0.331. The zero-order chi connectivity index (χ0) is 81.4. The van der Waals surface area contributed by atoms with Crippen LogP contribution >= 0.6 is 0 Å². The van der Waals surface area contributed by atoms with Gasteiger partial charge in [-0.15, -0.1) is 0 Å². The second-order valence-electron chi connectivity index (χ2n) is 30.6. The normalized spacial score (nSPS) is 13.1. The van der Waals surface area contributed by atoms with Crippen LogP contribution in [-0.2, 0) is 10.8 Å². The van der Waals surface area contributed by atoms with Crippen LogP contribution in [0.25, 0.3) is 44.5 Å². The molecule has 1 fully saturated rings. The summed E-state index contributed by atoms with van der Waals surface area (Å²) in [6.07, 6.45) is 5.35. The first-order valence-electron chi connectivity index (χ1n) is 39.8. The van der Waals surface area contributed by atoms with Crippen LogP contribution < -0.4 is 42.5 Å². The van der Waals surface area contributed by atoms with Crippen molar-refractivity contribution in [1.82, 2.24) is 11.1 Å². The zero-order valence-corrected chi connectivity index (χ0v) is 73.8. The Labute approximate surface area is 694 Å². The van der Waals surface area contributed by atoms with Crippen LogP contribution in [0.4, 0.5) is 45.5 Å². The van der Waals surface area contributed by atoms with Crippen molar-refractivity contribution in [3.8, 4) is 44.5 Å². The molecular formula is C103H141N9O3. The summed E-state index contributed by atoms with van der Waals surface area (Å²) in [4.78, 5) is 10.9. The quantitative estimate of drug-likeness (QED) is 0.101. The van der Waals surface area contributed by atoms with Gasteiger partial charge in [0.1, 0.15) is 0 Å². The summed E-state index contributed by atoms with van der Waals surface area (Å²) in [6, 6.07) is 104. The minimum atomic E-state index is -0.141. The Morgan fingerprint density at radius 1 is 0.330 bits per heavy atom. The highest BCUT2D eigenvalue weighted by atomic mass is 16.0. The Hall–Kier alpha value is -10.8. The summed E-state index contributed by atoms with van der Waals surface area (Å²) in [5.41, 5.74) is 41.0. The molecule has 0 aromatic heterocycles. The van der Waals surface area contributed by atoms with E-state index in [4.69, 9.17) is 11.5 Å².